The van der Waals surface area contributed by atoms with Crippen LogP contribution in [0.3, 0.4) is 0 Å². The second-order valence-corrected chi connectivity index (χ2v) is 0. The van der Waals surface area contributed by atoms with Gasteiger partial charge in [-0.2, -0.15) is 0 Å². The third-order valence-corrected chi connectivity index (χ3v) is 0. The van der Waals surface area contributed by atoms with Crippen LogP contribution >= 0.6 is 0 Å². The Bertz CT molecular complexity index is 13.5. The minimum Gasteiger partial charge on any atom is -2.00 e. The minimum atomic E-state index is 0. The first-order valence-electron chi connectivity index (χ1n) is 0. The Kier molecular flexibility index (Phi) is 106. The fourth-order valence-electron chi connectivity index (χ4n) is 0. The molecule has 0 rings (SSSR count). The SMILES string of the molecule is [Ba+2].[Cu+2].[H-].[H-].[O-2].[Pr]. The van der Waals surface area contributed by atoms with Crippen LogP contribution in [0.25, 0.3) is 0 Å². The Hall–Kier alpha value is 3.41. The van der Waals surface area contributed by atoms with Crippen LogP contribution in [0.5, 0.6) is 0 Å². The Morgan fingerprint density at radius 2 is 1.25 bits per heavy atom. The molecule has 4 heavy (non-hydrogen) atoms. The van der Waals surface area contributed by atoms with Crippen LogP contribution in [-0.4, -0.2) is 48.9 Å². The molecule has 0 unspecified atom stereocenters. The van der Waals surface area contributed by atoms with E-state index in [0.29, 0.717) is 0 Å². The molecule has 0 N–H and O–H groups in total. The van der Waals surface area contributed by atoms with Gasteiger partial charge in [0, 0.05) is 41.3 Å². The summed E-state index contributed by atoms with van der Waals surface area (Å²) in [4.78, 5) is 0. The van der Waals surface area contributed by atoms with Crippen molar-refractivity contribution < 1.29 is 66.7 Å². The monoisotopic (exact) mass is 360 g/mol. The molecule has 0 aliphatic carbocycles. The first-order chi connectivity index (χ1) is 0. The van der Waals surface area contributed by atoms with Crippen molar-refractivity contribution in [3.8, 4) is 0 Å². The average molecular weight is 360 g/mol. The summed E-state index contributed by atoms with van der Waals surface area (Å²) in [6.07, 6.45) is 0. The fraction of sp³-hybridized carbons (Fsp3) is 0. The van der Waals surface area contributed by atoms with Gasteiger partial charge in [-0.1, -0.05) is 0 Å². The van der Waals surface area contributed by atoms with Gasteiger partial charge in [0.1, 0.15) is 0 Å². The summed E-state index contributed by atoms with van der Waals surface area (Å²) in [5.41, 5.74) is 0. The summed E-state index contributed by atoms with van der Waals surface area (Å²) in [5, 5.41) is 0. The molecule has 2 radical (unpaired) electrons. The largest absolute Gasteiger partial charge is 2.00 e. The molecular formula is H2BaCuOPr. The van der Waals surface area contributed by atoms with E-state index in [2.05, 4.69) is 0 Å². The van der Waals surface area contributed by atoms with E-state index < -0.39 is 0 Å². The molecule has 0 aliphatic heterocycles. The van der Waals surface area contributed by atoms with E-state index in [9.17, 15) is 0 Å². The molecule has 0 aromatic rings. The first-order valence-corrected chi connectivity index (χ1v) is 0. The number of rotatable bonds is 0. The smallest absolute Gasteiger partial charge is 2.00 e. The molecule has 0 atom stereocenters. The maximum atomic E-state index is 0. The zero-order valence-electron chi connectivity index (χ0n) is 3.99. The molecule has 0 aromatic carbocycles. The summed E-state index contributed by atoms with van der Waals surface area (Å²) in [7, 11) is 0. The third-order valence-electron chi connectivity index (χ3n) is 0. The summed E-state index contributed by atoms with van der Waals surface area (Å²) >= 11 is 0. The fourth-order valence-corrected chi connectivity index (χ4v) is 0. The molecule has 4 heteroatoms. The quantitative estimate of drug-likeness (QED) is 0.533. The van der Waals surface area contributed by atoms with E-state index in [1.165, 1.54) is 0 Å². The summed E-state index contributed by atoms with van der Waals surface area (Å²) in [6, 6.07) is 0. The standard InChI is InChI=1S/Ba.Cu.O.Pr.2H/q2*+2;-2;;2*-1. The molecular weight excluding hydrogens is 358 g/mol. The Labute approximate surface area is 112 Å². The Balaban J connectivity index is 0. The Morgan fingerprint density at radius 3 is 1.25 bits per heavy atom. The van der Waals surface area contributed by atoms with Crippen LogP contribution in [0.15, 0.2) is 0 Å². The molecule has 0 saturated carbocycles. The number of hydrogen-bond donors (Lipinski definition) is 0. The molecule has 0 heterocycles. The molecule has 0 bridgehead atoms. The van der Waals surface area contributed by atoms with Gasteiger partial charge >= 0.3 is 65.9 Å². The van der Waals surface area contributed by atoms with Crippen LogP contribution in [0.2, 0.25) is 0 Å². The van der Waals surface area contributed by atoms with Crippen molar-refractivity contribution in [3.05, 3.63) is 0 Å². The van der Waals surface area contributed by atoms with E-state index in [1.54, 1.807) is 0 Å². The summed E-state index contributed by atoms with van der Waals surface area (Å²) < 4.78 is 0. The van der Waals surface area contributed by atoms with Gasteiger partial charge in [0.15, 0.2) is 0 Å². The van der Waals surface area contributed by atoms with Gasteiger partial charge in [-0.3, -0.25) is 0 Å². The van der Waals surface area contributed by atoms with Gasteiger partial charge in [0.25, 0.3) is 0 Å². The van der Waals surface area contributed by atoms with E-state index in [0.717, 1.165) is 0 Å². The van der Waals surface area contributed by atoms with E-state index in [1.807, 2.05) is 0 Å². The Morgan fingerprint density at radius 1 is 1.25 bits per heavy atom. The van der Waals surface area contributed by atoms with E-state index in [-0.39, 0.29) is 116 Å². The zero-order chi connectivity index (χ0) is 0. The van der Waals surface area contributed by atoms with Crippen molar-refractivity contribution in [2.75, 3.05) is 0 Å². The maximum Gasteiger partial charge on any atom is 2.00 e. The van der Waals surface area contributed by atoms with Gasteiger partial charge < -0.3 is 8.33 Å². The predicted octanol–water partition coefficient (Wildman–Crippen LogP) is -0.277. The zero-order valence-corrected chi connectivity index (χ0v) is 11.1. The van der Waals surface area contributed by atoms with Crippen LogP contribution < -0.4 is 0 Å². The summed E-state index contributed by atoms with van der Waals surface area (Å²) in [5.74, 6) is 0. The van der Waals surface area contributed by atoms with Crippen LogP contribution in [0, 0.1) is 41.3 Å². The van der Waals surface area contributed by atoms with E-state index >= 15 is 0 Å². The van der Waals surface area contributed by atoms with Gasteiger partial charge in [0.05, 0.1) is 0 Å². The molecule has 24 valence electrons. The normalized spacial score (nSPS) is 0. The molecule has 0 spiro atoms. The van der Waals surface area contributed by atoms with Crippen molar-refractivity contribution in [2.24, 2.45) is 0 Å². The van der Waals surface area contributed by atoms with Gasteiger partial charge in [-0.15, -0.1) is 0 Å². The van der Waals surface area contributed by atoms with Crippen molar-refractivity contribution in [1.82, 2.24) is 0 Å². The molecule has 0 saturated heterocycles. The van der Waals surface area contributed by atoms with Crippen LogP contribution in [-0.2, 0) is 22.5 Å². The topological polar surface area (TPSA) is 28.5 Å². The first kappa shape index (κ1) is 26.2. The van der Waals surface area contributed by atoms with E-state index in [4.69, 9.17) is 0 Å². The molecule has 0 fully saturated rings. The van der Waals surface area contributed by atoms with Crippen molar-refractivity contribution in [3.63, 3.8) is 0 Å². The van der Waals surface area contributed by atoms with Crippen molar-refractivity contribution in [1.29, 1.82) is 0 Å². The summed E-state index contributed by atoms with van der Waals surface area (Å²) in [6.45, 7) is 0. The van der Waals surface area contributed by atoms with Gasteiger partial charge in [-0.25, -0.2) is 0 Å². The number of hydrogen-bond acceptors (Lipinski definition) is 0. The van der Waals surface area contributed by atoms with Crippen molar-refractivity contribution >= 4 is 48.9 Å². The van der Waals surface area contributed by atoms with Crippen molar-refractivity contribution in [2.45, 2.75) is 0 Å². The minimum absolute atomic E-state index is 0. The van der Waals surface area contributed by atoms with Crippen LogP contribution in [0.4, 0.5) is 0 Å². The van der Waals surface area contributed by atoms with Gasteiger partial charge in [-0.05, 0) is 0 Å². The second-order valence-electron chi connectivity index (χ2n) is 0. The molecule has 0 aromatic heterocycles. The molecule has 0 aliphatic rings. The van der Waals surface area contributed by atoms with Crippen LogP contribution in [0.1, 0.15) is 2.85 Å². The van der Waals surface area contributed by atoms with Gasteiger partial charge in [0.2, 0.25) is 0 Å². The second kappa shape index (κ2) is 16.1. The maximum absolute atomic E-state index is 0. The predicted molar refractivity (Wildman–Crippen MR) is 8.66 cm³/mol. The molecule has 1 nitrogen and oxygen atoms in total. The molecule has 0 amide bonds. The third kappa shape index (κ3) is 9.05. The average Bonchev–Trinajstić information content (AvgIpc) is 0.